The van der Waals surface area contributed by atoms with E-state index in [1.807, 2.05) is 6.07 Å². The molecule has 0 saturated carbocycles. The SMILES string of the molecule is CC(C)=NN(C)c1c(C#N)cnn1-c1ccc(C(F)(F)F)cc1Cl. The van der Waals surface area contributed by atoms with Crippen LogP contribution in [0.5, 0.6) is 0 Å². The zero-order valence-electron chi connectivity index (χ0n) is 13.1. The lowest BCUT2D eigenvalue weighted by Gasteiger charge is -2.17. The molecule has 0 radical (unpaired) electrons. The predicted molar refractivity (Wildman–Crippen MR) is 85.5 cm³/mol. The van der Waals surface area contributed by atoms with E-state index in [0.717, 1.165) is 17.8 Å². The minimum atomic E-state index is -4.49. The molecule has 0 unspecified atom stereocenters. The topological polar surface area (TPSA) is 57.2 Å². The number of hydrazone groups is 1. The largest absolute Gasteiger partial charge is 0.416 e. The van der Waals surface area contributed by atoms with Crippen LogP contribution >= 0.6 is 11.6 Å². The molecule has 2 aromatic rings. The first-order valence-corrected chi connectivity index (χ1v) is 7.13. The van der Waals surface area contributed by atoms with Gasteiger partial charge in [-0.3, -0.25) is 0 Å². The quantitative estimate of drug-likeness (QED) is 0.611. The molecule has 24 heavy (non-hydrogen) atoms. The van der Waals surface area contributed by atoms with Gasteiger partial charge in [0.25, 0.3) is 0 Å². The number of halogens is 4. The van der Waals surface area contributed by atoms with Crippen molar-refractivity contribution in [3.63, 3.8) is 0 Å². The molecule has 0 fully saturated rings. The van der Waals surface area contributed by atoms with Crippen molar-refractivity contribution in [2.75, 3.05) is 12.1 Å². The first kappa shape index (κ1) is 17.8. The van der Waals surface area contributed by atoms with Crippen molar-refractivity contribution in [3.8, 4) is 11.8 Å². The van der Waals surface area contributed by atoms with Crippen LogP contribution in [0.4, 0.5) is 19.0 Å². The van der Waals surface area contributed by atoms with Gasteiger partial charge in [0, 0.05) is 12.8 Å². The third kappa shape index (κ3) is 3.51. The van der Waals surface area contributed by atoms with E-state index in [1.165, 1.54) is 22.0 Å². The second-order valence-corrected chi connectivity index (χ2v) is 5.55. The lowest BCUT2D eigenvalue weighted by atomic mass is 10.2. The van der Waals surface area contributed by atoms with Crippen LogP contribution in [0.1, 0.15) is 25.0 Å². The monoisotopic (exact) mass is 355 g/mol. The van der Waals surface area contributed by atoms with E-state index in [1.54, 1.807) is 20.9 Å². The number of hydrogen-bond donors (Lipinski definition) is 0. The van der Waals surface area contributed by atoms with Gasteiger partial charge in [-0.2, -0.15) is 28.6 Å². The van der Waals surface area contributed by atoms with Crippen molar-refractivity contribution >= 4 is 23.1 Å². The zero-order valence-corrected chi connectivity index (χ0v) is 13.8. The molecule has 1 aromatic carbocycles. The number of alkyl halides is 3. The Balaban J connectivity index is 2.60. The van der Waals surface area contributed by atoms with Crippen LogP contribution in [0.25, 0.3) is 5.69 Å². The summed E-state index contributed by atoms with van der Waals surface area (Å²) < 4.78 is 39.6. The molecule has 0 bridgehead atoms. The zero-order chi connectivity index (χ0) is 18.1. The van der Waals surface area contributed by atoms with E-state index in [9.17, 15) is 18.4 Å². The van der Waals surface area contributed by atoms with Crippen LogP contribution in [0.2, 0.25) is 5.02 Å². The first-order chi connectivity index (χ1) is 11.1. The summed E-state index contributed by atoms with van der Waals surface area (Å²) in [5, 5.41) is 18.8. The molecule has 0 atom stereocenters. The predicted octanol–water partition coefficient (Wildman–Crippen LogP) is 4.25. The van der Waals surface area contributed by atoms with Crippen molar-refractivity contribution in [2.24, 2.45) is 5.10 Å². The van der Waals surface area contributed by atoms with E-state index in [-0.39, 0.29) is 16.3 Å². The molecular formula is C15H13ClF3N5. The van der Waals surface area contributed by atoms with Gasteiger partial charge in [0.1, 0.15) is 11.6 Å². The average Bonchev–Trinajstić information content (AvgIpc) is 2.89. The molecule has 0 spiro atoms. The van der Waals surface area contributed by atoms with Crippen molar-refractivity contribution < 1.29 is 13.2 Å². The highest BCUT2D eigenvalue weighted by Gasteiger charge is 2.31. The summed E-state index contributed by atoms with van der Waals surface area (Å²) in [5.74, 6) is 0.306. The highest BCUT2D eigenvalue weighted by molar-refractivity contribution is 6.32. The number of hydrogen-bond acceptors (Lipinski definition) is 4. The Kier molecular flexibility index (Phi) is 4.85. The number of aromatic nitrogens is 2. The fourth-order valence-electron chi connectivity index (χ4n) is 2.11. The maximum Gasteiger partial charge on any atom is 0.416 e. The van der Waals surface area contributed by atoms with Gasteiger partial charge in [0.05, 0.1) is 22.5 Å². The first-order valence-electron chi connectivity index (χ1n) is 6.76. The molecule has 0 N–H and O–H groups in total. The third-order valence-corrected chi connectivity index (χ3v) is 3.33. The van der Waals surface area contributed by atoms with Gasteiger partial charge in [-0.25, -0.2) is 9.69 Å². The number of nitriles is 1. The van der Waals surface area contributed by atoms with Gasteiger partial charge in [-0.15, -0.1) is 0 Å². The molecule has 0 aliphatic rings. The molecule has 0 aliphatic carbocycles. The third-order valence-electron chi connectivity index (χ3n) is 3.02. The Hall–Kier alpha value is -2.53. The van der Waals surface area contributed by atoms with Crippen LogP contribution in [-0.2, 0) is 6.18 Å². The smallest absolute Gasteiger partial charge is 0.250 e. The van der Waals surface area contributed by atoms with E-state index in [2.05, 4.69) is 10.2 Å². The molecular weight excluding hydrogens is 343 g/mol. The Bertz CT molecular complexity index is 829. The van der Waals surface area contributed by atoms with E-state index >= 15 is 0 Å². The number of benzene rings is 1. The molecule has 0 saturated heterocycles. The summed E-state index contributed by atoms with van der Waals surface area (Å²) in [6.07, 6.45) is -3.19. The highest BCUT2D eigenvalue weighted by Crippen LogP contribution is 2.34. The Labute approximate surface area is 141 Å². The fourth-order valence-corrected chi connectivity index (χ4v) is 2.37. The summed E-state index contributed by atoms with van der Waals surface area (Å²) in [5.41, 5.74) is 0.310. The fraction of sp³-hybridized carbons (Fsp3) is 0.267. The van der Waals surface area contributed by atoms with Crippen molar-refractivity contribution in [2.45, 2.75) is 20.0 Å². The minimum absolute atomic E-state index is 0.135. The summed E-state index contributed by atoms with van der Waals surface area (Å²) in [4.78, 5) is 0. The summed E-state index contributed by atoms with van der Waals surface area (Å²) >= 11 is 6.01. The van der Waals surface area contributed by atoms with Crippen molar-refractivity contribution in [1.29, 1.82) is 5.26 Å². The lowest BCUT2D eigenvalue weighted by Crippen LogP contribution is -2.16. The molecule has 1 aromatic heterocycles. The second-order valence-electron chi connectivity index (χ2n) is 5.14. The number of anilines is 1. The number of nitrogens with zero attached hydrogens (tertiary/aromatic N) is 5. The highest BCUT2D eigenvalue weighted by atomic mass is 35.5. The van der Waals surface area contributed by atoms with Crippen LogP contribution < -0.4 is 5.01 Å². The average molecular weight is 356 g/mol. The van der Waals surface area contributed by atoms with Gasteiger partial charge in [0.15, 0.2) is 5.82 Å². The molecule has 1 heterocycles. The van der Waals surface area contributed by atoms with E-state index in [0.29, 0.717) is 5.82 Å². The van der Waals surface area contributed by atoms with Crippen LogP contribution in [0.15, 0.2) is 29.5 Å². The van der Waals surface area contributed by atoms with Gasteiger partial charge in [-0.05, 0) is 32.0 Å². The summed E-state index contributed by atoms with van der Waals surface area (Å²) in [6.45, 7) is 3.54. The Morgan fingerprint density at radius 3 is 2.54 bits per heavy atom. The van der Waals surface area contributed by atoms with Gasteiger partial charge >= 0.3 is 6.18 Å². The molecule has 2 rings (SSSR count). The Morgan fingerprint density at radius 1 is 1.38 bits per heavy atom. The molecule has 0 amide bonds. The van der Waals surface area contributed by atoms with E-state index < -0.39 is 11.7 Å². The maximum absolute atomic E-state index is 12.8. The van der Waals surface area contributed by atoms with Crippen molar-refractivity contribution in [3.05, 3.63) is 40.5 Å². The van der Waals surface area contributed by atoms with Crippen LogP contribution in [-0.4, -0.2) is 22.5 Å². The molecule has 126 valence electrons. The normalized spacial score (nSPS) is 11.1. The second kappa shape index (κ2) is 6.53. The van der Waals surface area contributed by atoms with Crippen LogP contribution in [0.3, 0.4) is 0 Å². The lowest BCUT2D eigenvalue weighted by molar-refractivity contribution is -0.137. The summed E-state index contributed by atoms with van der Waals surface area (Å²) in [6, 6.07) is 4.92. The maximum atomic E-state index is 12.8. The molecule has 9 heteroatoms. The van der Waals surface area contributed by atoms with Gasteiger partial charge in [0.2, 0.25) is 0 Å². The Morgan fingerprint density at radius 2 is 2.04 bits per heavy atom. The van der Waals surface area contributed by atoms with E-state index in [4.69, 9.17) is 11.6 Å². The van der Waals surface area contributed by atoms with Crippen molar-refractivity contribution in [1.82, 2.24) is 9.78 Å². The summed E-state index contributed by atoms with van der Waals surface area (Å²) in [7, 11) is 1.61. The molecule has 0 aliphatic heterocycles. The number of rotatable bonds is 3. The van der Waals surface area contributed by atoms with Gasteiger partial charge in [-0.1, -0.05) is 11.6 Å². The minimum Gasteiger partial charge on any atom is -0.250 e. The van der Waals surface area contributed by atoms with Crippen LogP contribution in [0, 0.1) is 11.3 Å². The molecule has 5 nitrogen and oxygen atoms in total. The van der Waals surface area contributed by atoms with Gasteiger partial charge < -0.3 is 0 Å². The standard InChI is InChI=1S/C15H13ClF3N5/c1-9(2)22-23(3)14-10(7-20)8-21-24(14)13-5-4-11(6-12(13)16)15(17,18)19/h4-6,8H,1-3H3.